The highest BCUT2D eigenvalue weighted by Crippen LogP contribution is 2.60. The molecular weight excluding hydrogens is 227 g/mol. The topological polar surface area (TPSA) is 86.7 Å². The van der Waals surface area contributed by atoms with Crippen LogP contribution in [0.5, 0.6) is 0 Å². The fourth-order valence-corrected chi connectivity index (χ4v) is 3.21. The third-order valence-corrected chi connectivity index (χ3v) is 4.92. The van der Waals surface area contributed by atoms with Crippen molar-refractivity contribution in [2.45, 2.75) is 18.6 Å². The number of hydrogen-bond donors (Lipinski definition) is 3. The summed E-state index contributed by atoms with van der Waals surface area (Å²) in [5, 5.41) is 0.443. The molecule has 6 nitrogen and oxygen atoms in total. The molecule has 0 aromatic rings. The number of nitrogens with zero attached hydrogens (tertiary/aromatic N) is 1. The second-order valence-electron chi connectivity index (χ2n) is 3.05. The molecule has 80 valence electrons. The summed E-state index contributed by atoms with van der Waals surface area (Å²) in [5.74, 6) is -0.717. The Morgan fingerprint density at radius 3 is 2.29 bits per heavy atom. The van der Waals surface area contributed by atoms with Crippen LogP contribution in [0.2, 0.25) is 0 Å². The van der Waals surface area contributed by atoms with E-state index in [1.54, 1.807) is 0 Å². The molecule has 1 fully saturated rings. The van der Waals surface area contributed by atoms with E-state index in [1.165, 1.54) is 14.0 Å². The Labute approximate surface area is 86.3 Å². The minimum atomic E-state index is -4.00. The standard InChI is InChI=1S/C6H11N2O4PS/c1-3-6(13(11,12)14)4(9)8(2)5(10)7-6/h3H2,1-2H3,(H,7,10)(H2,11,12,14). The molecule has 0 radical (unpaired) electrons. The van der Waals surface area contributed by atoms with Crippen molar-refractivity contribution in [3.05, 3.63) is 0 Å². The van der Waals surface area contributed by atoms with E-state index in [-0.39, 0.29) is 6.42 Å². The first kappa shape index (κ1) is 11.6. The number of urea groups is 1. The van der Waals surface area contributed by atoms with Gasteiger partial charge in [-0.3, -0.25) is 14.3 Å². The average molecular weight is 238 g/mol. The van der Waals surface area contributed by atoms with E-state index in [2.05, 4.69) is 17.6 Å². The van der Waals surface area contributed by atoms with E-state index in [0.29, 0.717) is 0 Å². The first-order chi connectivity index (χ1) is 6.26. The summed E-state index contributed by atoms with van der Waals surface area (Å²) in [6.45, 7) is -2.47. The highest BCUT2D eigenvalue weighted by Gasteiger charge is 2.58. The van der Waals surface area contributed by atoms with Crippen LogP contribution in [0.1, 0.15) is 13.3 Å². The number of likely N-dealkylation sites (N-methyl/N-ethyl adjacent to an activating group) is 1. The second kappa shape index (κ2) is 3.25. The van der Waals surface area contributed by atoms with Crippen molar-refractivity contribution in [3.8, 4) is 0 Å². The summed E-state index contributed by atoms with van der Waals surface area (Å²) in [4.78, 5) is 32.8. The summed E-state index contributed by atoms with van der Waals surface area (Å²) in [5.41, 5.74) is 0. The van der Waals surface area contributed by atoms with Gasteiger partial charge >= 0.3 is 6.03 Å². The fourth-order valence-electron chi connectivity index (χ4n) is 1.33. The number of carbonyl (C=O) groups is 2. The molecule has 0 aromatic heterocycles. The van der Waals surface area contributed by atoms with Crippen LogP contribution in [0.3, 0.4) is 0 Å². The van der Waals surface area contributed by atoms with E-state index in [4.69, 9.17) is 0 Å². The van der Waals surface area contributed by atoms with Gasteiger partial charge in [-0.05, 0) is 6.42 Å². The van der Waals surface area contributed by atoms with Gasteiger partial charge in [0, 0.05) is 7.05 Å². The van der Waals surface area contributed by atoms with Crippen LogP contribution in [-0.4, -0.2) is 34.1 Å². The Hall–Kier alpha value is -0.520. The van der Waals surface area contributed by atoms with Crippen LogP contribution in [0, 0.1) is 0 Å². The third-order valence-electron chi connectivity index (χ3n) is 2.29. The molecule has 0 aliphatic carbocycles. The number of nitrogens with one attached hydrogen (secondary N) is 1. The van der Waals surface area contributed by atoms with Gasteiger partial charge in [-0.15, -0.1) is 0 Å². The van der Waals surface area contributed by atoms with Gasteiger partial charge < -0.3 is 10.2 Å². The van der Waals surface area contributed by atoms with Crippen molar-refractivity contribution in [2.75, 3.05) is 7.05 Å². The van der Waals surface area contributed by atoms with Crippen molar-refractivity contribution in [2.24, 2.45) is 0 Å². The Balaban J connectivity index is 3.23. The van der Waals surface area contributed by atoms with Gasteiger partial charge in [-0.25, -0.2) is 4.79 Å². The lowest BCUT2D eigenvalue weighted by Gasteiger charge is -2.26. The van der Waals surface area contributed by atoms with Gasteiger partial charge in [-0.1, -0.05) is 19.2 Å². The molecular formula is C6H11N2O4PS. The third kappa shape index (κ3) is 1.36. The Bertz CT molecular complexity index is 341. The second-order valence-corrected chi connectivity index (χ2v) is 6.53. The summed E-state index contributed by atoms with van der Waals surface area (Å²) in [7, 11) is 1.25. The number of imide groups is 1. The molecule has 1 aliphatic heterocycles. The van der Waals surface area contributed by atoms with Crippen LogP contribution in [0.15, 0.2) is 0 Å². The monoisotopic (exact) mass is 238 g/mol. The number of rotatable bonds is 2. The normalized spacial score (nSPS) is 31.6. The summed E-state index contributed by atoms with van der Waals surface area (Å²) in [6, 6.07) is -0.680. The predicted molar refractivity (Wildman–Crippen MR) is 53.1 cm³/mol. The first-order valence-electron chi connectivity index (χ1n) is 3.92. The van der Waals surface area contributed by atoms with Crippen LogP contribution < -0.4 is 5.32 Å². The Kier molecular flexibility index (Phi) is 2.69. The van der Waals surface area contributed by atoms with Gasteiger partial charge in [0.2, 0.25) is 5.28 Å². The van der Waals surface area contributed by atoms with Crippen molar-refractivity contribution >= 4 is 30.8 Å². The van der Waals surface area contributed by atoms with E-state index in [9.17, 15) is 19.0 Å². The maximum absolute atomic E-state index is 11.6. The van der Waals surface area contributed by atoms with E-state index in [1.807, 2.05) is 0 Å². The zero-order valence-corrected chi connectivity index (χ0v) is 9.51. The van der Waals surface area contributed by atoms with Gasteiger partial charge in [0.25, 0.3) is 12.5 Å². The maximum atomic E-state index is 11.6. The molecule has 0 bridgehead atoms. The van der Waals surface area contributed by atoms with Gasteiger partial charge in [0.05, 0.1) is 0 Å². The lowest BCUT2D eigenvalue weighted by molar-refractivity contribution is -0.127. The lowest BCUT2D eigenvalue weighted by Crippen LogP contribution is -2.44. The molecule has 1 saturated heterocycles. The molecule has 0 saturated carbocycles. The highest BCUT2D eigenvalue weighted by atomic mass is 32.7. The average Bonchev–Trinajstić information content (AvgIpc) is 2.29. The fraction of sp³-hybridized carbons (Fsp3) is 0.667. The molecule has 1 heterocycles. The summed E-state index contributed by atoms with van der Waals surface area (Å²) in [6.07, 6.45) is 0.0270. The zero-order valence-electron chi connectivity index (χ0n) is 7.72. The first-order valence-corrected chi connectivity index (χ1v) is 6.73. The minimum Gasteiger partial charge on any atom is -0.335 e. The van der Waals surface area contributed by atoms with Crippen molar-refractivity contribution in [1.82, 2.24) is 10.2 Å². The molecule has 1 aliphatic rings. The Morgan fingerprint density at radius 2 is 2.14 bits per heavy atom. The van der Waals surface area contributed by atoms with Gasteiger partial charge in [0.15, 0.2) is 0 Å². The number of hydrogen-bond acceptors (Lipinski definition) is 3. The van der Waals surface area contributed by atoms with E-state index in [0.717, 1.165) is 4.90 Å². The molecule has 2 atom stereocenters. The predicted octanol–water partition coefficient (Wildman–Crippen LogP) is 0.390. The van der Waals surface area contributed by atoms with Gasteiger partial charge in [0.1, 0.15) is 0 Å². The lowest BCUT2D eigenvalue weighted by atomic mass is 10.2. The molecule has 1 rings (SSSR count). The highest BCUT2D eigenvalue weighted by molar-refractivity contribution is 8.46. The number of thiol groups is 1. The van der Waals surface area contributed by atoms with Crippen LogP contribution in [0.25, 0.3) is 0 Å². The molecule has 0 spiro atoms. The molecule has 0 aromatic carbocycles. The minimum absolute atomic E-state index is 0.0270. The summed E-state index contributed by atoms with van der Waals surface area (Å²) < 4.78 is 11.4. The SMILES string of the molecule is CCC1(P(=O)(O)S)NC(=O)N(C)C1=O. The molecule has 3 amide bonds. The van der Waals surface area contributed by atoms with Crippen molar-refractivity contribution < 1.29 is 19.0 Å². The number of carbonyl (C=O) groups excluding carboxylic acids is 2. The number of amides is 3. The van der Waals surface area contributed by atoms with E-state index >= 15 is 0 Å². The van der Waals surface area contributed by atoms with Crippen LogP contribution in [-0.2, 0) is 9.36 Å². The molecule has 14 heavy (non-hydrogen) atoms. The quantitative estimate of drug-likeness (QED) is 0.369. The molecule has 2 N–H and O–H groups in total. The largest absolute Gasteiger partial charge is 0.335 e. The molecule has 2 unspecified atom stereocenters. The molecule has 8 heteroatoms. The Morgan fingerprint density at radius 1 is 1.64 bits per heavy atom. The van der Waals surface area contributed by atoms with Crippen LogP contribution in [0.4, 0.5) is 4.79 Å². The van der Waals surface area contributed by atoms with Gasteiger partial charge in [-0.2, -0.15) is 0 Å². The van der Waals surface area contributed by atoms with Crippen molar-refractivity contribution in [3.63, 3.8) is 0 Å². The van der Waals surface area contributed by atoms with Crippen LogP contribution >= 0.6 is 18.8 Å². The zero-order chi connectivity index (χ0) is 11.1. The smallest absolute Gasteiger partial charge is 0.325 e. The van der Waals surface area contributed by atoms with E-state index < -0.39 is 23.8 Å². The summed E-state index contributed by atoms with van der Waals surface area (Å²) >= 11 is 3.51. The van der Waals surface area contributed by atoms with Crippen molar-refractivity contribution in [1.29, 1.82) is 0 Å². The maximum Gasteiger partial charge on any atom is 0.325 e.